The third kappa shape index (κ3) is 40.8. The summed E-state index contributed by atoms with van der Waals surface area (Å²) >= 11 is 0. The lowest BCUT2D eigenvalue weighted by atomic mass is 9.94. The van der Waals surface area contributed by atoms with Crippen LogP contribution in [0.4, 0.5) is 0 Å². The first-order chi connectivity index (χ1) is 38.3. The molecule has 0 N–H and O–H groups in total. The van der Waals surface area contributed by atoms with Gasteiger partial charge in [-0.3, -0.25) is 19.2 Å². The van der Waals surface area contributed by atoms with Crippen LogP contribution in [0.3, 0.4) is 0 Å². The van der Waals surface area contributed by atoms with Crippen LogP contribution in [0.1, 0.15) is 297 Å². The first-order valence-corrected chi connectivity index (χ1v) is 33.6. The standard InChI is InChI=1S/C66H124N2O10/c1-5-9-13-17-19-27-43-59(41-25-15-11-7-3)65(71)75-55-39-23-21-37-53-73-57-61(77-63(69)45-29-31-47-67-49-33-34-50-67)62(78-64(70)46-30-32-48-68-51-35-36-52-68)58-74-54-38-22-24-40-56-76-66(72)60(42-26-16-12-8-4)44-28-20-18-14-10-6-2/h59-62H,5-58H2,1-4H3. The molecule has 4 atom stereocenters. The summed E-state index contributed by atoms with van der Waals surface area (Å²) in [6.07, 6.45) is 42.3. The number of carbonyl (C=O) groups excluding carboxylic acids is 4. The van der Waals surface area contributed by atoms with E-state index in [0.717, 1.165) is 168 Å². The van der Waals surface area contributed by atoms with Crippen molar-refractivity contribution in [3.05, 3.63) is 0 Å². The van der Waals surface area contributed by atoms with Crippen molar-refractivity contribution in [1.82, 2.24) is 9.80 Å². The minimum atomic E-state index is -0.790. The molecule has 458 valence electrons. The van der Waals surface area contributed by atoms with Crippen molar-refractivity contribution in [2.45, 2.75) is 310 Å². The van der Waals surface area contributed by atoms with Gasteiger partial charge in [-0.15, -0.1) is 0 Å². The van der Waals surface area contributed by atoms with Crippen molar-refractivity contribution >= 4 is 23.9 Å². The van der Waals surface area contributed by atoms with Gasteiger partial charge in [0.25, 0.3) is 0 Å². The van der Waals surface area contributed by atoms with E-state index in [2.05, 4.69) is 37.5 Å². The molecule has 0 amide bonds. The summed E-state index contributed by atoms with van der Waals surface area (Å²) in [4.78, 5) is 58.3. The molecular formula is C66H124N2O10. The Morgan fingerprint density at radius 2 is 0.641 bits per heavy atom. The molecule has 2 heterocycles. The molecule has 2 rings (SSSR count). The Morgan fingerprint density at radius 3 is 0.987 bits per heavy atom. The lowest BCUT2D eigenvalue weighted by Gasteiger charge is -2.27. The molecule has 0 saturated carbocycles. The van der Waals surface area contributed by atoms with Crippen LogP contribution in [-0.4, -0.2) is 125 Å². The Kier molecular flexibility index (Phi) is 48.6. The highest BCUT2D eigenvalue weighted by Gasteiger charge is 2.30. The third-order valence-electron chi connectivity index (χ3n) is 16.3. The van der Waals surface area contributed by atoms with Crippen LogP contribution in [0.2, 0.25) is 0 Å². The normalized spacial score (nSPS) is 15.6. The second-order valence-electron chi connectivity index (χ2n) is 23.6. The second kappa shape index (κ2) is 52.8. The average molecular weight is 1110 g/mol. The van der Waals surface area contributed by atoms with Crippen molar-refractivity contribution in [2.75, 3.05) is 78.9 Å². The van der Waals surface area contributed by atoms with E-state index in [1.54, 1.807) is 0 Å². The van der Waals surface area contributed by atoms with Gasteiger partial charge in [0, 0.05) is 26.1 Å². The van der Waals surface area contributed by atoms with Crippen molar-refractivity contribution < 1.29 is 47.6 Å². The molecule has 0 bridgehead atoms. The summed E-state index contributed by atoms with van der Waals surface area (Å²) in [5.41, 5.74) is 0. The molecule has 4 unspecified atom stereocenters. The van der Waals surface area contributed by atoms with Gasteiger partial charge in [0.2, 0.25) is 0 Å². The Labute approximate surface area is 479 Å². The van der Waals surface area contributed by atoms with E-state index in [1.165, 1.54) is 128 Å². The van der Waals surface area contributed by atoms with Crippen molar-refractivity contribution in [1.29, 1.82) is 0 Å². The summed E-state index contributed by atoms with van der Waals surface area (Å²) in [7, 11) is 0. The van der Waals surface area contributed by atoms with Crippen LogP contribution in [-0.2, 0) is 47.6 Å². The van der Waals surface area contributed by atoms with Gasteiger partial charge in [0.15, 0.2) is 12.2 Å². The van der Waals surface area contributed by atoms with Gasteiger partial charge < -0.3 is 38.2 Å². The lowest BCUT2D eigenvalue weighted by Crippen LogP contribution is -2.42. The molecule has 0 spiro atoms. The lowest BCUT2D eigenvalue weighted by molar-refractivity contribution is -0.178. The Morgan fingerprint density at radius 1 is 0.346 bits per heavy atom. The number of esters is 4. The first kappa shape index (κ1) is 71.8. The van der Waals surface area contributed by atoms with Gasteiger partial charge in [-0.05, 0) is 155 Å². The maximum Gasteiger partial charge on any atom is 0.308 e. The summed E-state index contributed by atoms with van der Waals surface area (Å²) in [5.74, 6) is -0.588. The molecule has 12 nitrogen and oxygen atoms in total. The largest absolute Gasteiger partial charge is 0.465 e. The topological polar surface area (TPSA) is 130 Å². The fourth-order valence-corrected chi connectivity index (χ4v) is 11.1. The van der Waals surface area contributed by atoms with Crippen LogP contribution in [0.15, 0.2) is 0 Å². The smallest absolute Gasteiger partial charge is 0.308 e. The van der Waals surface area contributed by atoms with Crippen molar-refractivity contribution in [3.8, 4) is 0 Å². The summed E-state index contributed by atoms with van der Waals surface area (Å²) < 4.78 is 36.5. The molecule has 2 aliphatic rings. The van der Waals surface area contributed by atoms with Crippen molar-refractivity contribution in [3.63, 3.8) is 0 Å². The van der Waals surface area contributed by atoms with Gasteiger partial charge in [-0.2, -0.15) is 0 Å². The predicted molar refractivity (Wildman–Crippen MR) is 320 cm³/mol. The Hall–Kier alpha value is -2.28. The maximum atomic E-state index is 13.5. The quantitative estimate of drug-likeness (QED) is 0.0326. The SMILES string of the molecule is CCCCCCCCC(CCCCCC)C(=O)OCCCCCCOCC(OC(=O)CCCCN1CCCC1)C(COCCCCCCOC(=O)C(CCCCCC)CCCCCCCC)OC(=O)CCCCN1CCCC1. The summed E-state index contributed by atoms with van der Waals surface area (Å²) in [5, 5.41) is 0. The molecule has 78 heavy (non-hydrogen) atoms. The molecule has 2 aliphatic heterocycles. The number of carbonyl (C=O) groups is 4. The molecule has 0 radical (unpaired) electrons. The number of unbranched alkanes of at least 4 members (excludes halogenated alkanes) is 24. The van der Waals surface area contributed by atoms with Gasteiger partial charge in [-0.25, -0.2) is 0 Å². The van der Waals surface area contributed by atoms with E-state index < -0.39 is 12.2 Å². The molecule has 0 aliphatic carbocycles. The minimum Gasteiger partial charge on any atom is -0.465 e. The highest BCUT2D eigenvalue weighted by Crippen LogP contribution is 2.23. The molecule has 0 aromatic carbocycles. The van der Waals surface area contributed by atoms with Gasteiger partial charge in [-0.1, -0.05) is 169 Å². The average Bonchev–Trinajstić information content (AvgIpc) is 4.18. The van der Waals surface area contributed by atoms with Crippen molar-refractivity contribution in [2.24, 2.45) is 11.8 Å². The van der Waals surface area contributed by atoms with Crippen LogP contribution >= 0.6 is 0 Å². The first-order valence-electron chi connectivity index (χ1n) is 33.6. The van der Waals surface area contributed by atoms with Crippen LogP contribution in [0.25, 0.3) is 0 Å². The molecule has 0 aromatic rings. The highest BCUT2D eigenvalue weighted by molar-refractivity contribution is 5.73. The fourth-order valence-electron chi connectivity index (χ4n) is 11.1. The van der Waals surface area contributed by atoms with E-state index in [4.69, 9.17) is 28.4 Å². The fraction of sp³-hybridized carbons (Fsp3) is 0.939. The molecule has 12 heteroatoms. The number of hydrogen-bond donors (Lipinski definition) is 0. The van der Waals surface area contributed by atoms with E-state index in [0.29, 0.717) is 39.3 Å². The number of ether oxygens (including phenoxy) is 6. The zero-order valence-corrected chi connectivity index (χ0v) is 51.5. The Bertz CT molecular complexity index is 1290. The monoisotopic (exact) mass is 1100 g/mol. The Balaban J connectivity index is 1.93. The molecule has 0 aromatic heterocycles. The van der Waals surface area contributed by atoms with E-state index in [1.807, 2.05) is 0 Å². The maximum absolute atomic E-state index is 13.5. The van der Waals surface area contributed by atoms with E-state index in [9.17, 15) is 19.2 Å². The van der Waals surface area contributed by atoms with Crippen LogP contribution in [0, 0.1) is 11.8 Å². The highest BCUT2D eigenvalue weighted by atomic mass is 16.6. The van der Waals surface area contributed by atoms with E-state index in [-0.39, 0.29) is 48.9 Å². The van der Waals surface area contributed by atoms with Crippen LogP contribution in [0.5, 0.6) is 0 Å². The van der Waals surface area contributed by atoms with E-state index >= 15 is 0 Å². The zero-order chi connectivity index (χ0) is 56.2. The minimum absolute atomic E-state index is 0.0122. The molecule has 2 saturated heterocycles. The second-order valence-corrected chi connectivity index (χ2v) is 23.6. The third-order valence-corrected chi connectivity index (χ3v) is 16.3. The predicted octanol–water partition coefficient (Wildman–Crippen LogP) is 16.3. The summed E-state index contributed by atoms with van der Waals surface area (Å²) in [6, 6.07) is 0. The van der Waals surface area contributed by atoms with Gasteiger partial charge >= 0.3 is 23.9 Å². The number of nitrogens with zero attached hydrogens (tertiary/aromatic N) is 2. The molecular weight excluding hydrogens is 981 g/mol. The summed E-state index contributed by atoms with van der Waals surface area (Å²) in [6.45, 7) is 17.6. The van der Waals surface area contributed by atoms with Gasteiger partial charge in [0.05, 0.1) is 38.3 Å². The number of likely N-dealkylation sites (tertiary alicyclic amines) is 2. The molecule has 2 fully saturated rings. The zero-order valence-electron chi connectivity index (χ0n) is 51.5. The van der Waals surface area contributed by atoms with Gasteiger partial charge in [0.1, 0.15) is 0 Å². The number of rotatable bonds is 57. The number of hydrogen-bond acceptors (Lipinski definition) is 12. The van der Waals surface area contributed by atoms with Crippen LogP contribution < -0.4 is 0 Å².